The van der Waals surface area contributed by atoms with Gasteiger partial charge in [0.2, 0.25) is 0 Å². The van der Waals surface area contributed by atoms with E-state index in [1.165, 1.54) is 13.4 Å². The van der Waals surface area contributed by atoms with E-state index in [0.717, 1.165) is 5.69 Å². The Morgan fingerprint density at radius 2 is 2.12 bits per heavy atom. The maximum Gasteiger partial charge on any atom is 0.308 e. The Balaban J connectivity index is 1.74. The van der Waals surface area contributed by atoms with Crippen LogP contribution in [0.4, 0.5) is 23.0 Å². The van der Waals surface area contributed by atoms with Gasteiger partial charge in [-0.05, 0) is 31.0 Å². The number of nitrogen functional groups attached to an aromatic ring is 1. The highest BCUT2D eigenvalue weighted by molar-refractivity contribution is 6.30. The van der Waals surface area contributed by atoms with E-state index in [2.05, 4.69) is 20.2 Å². The van der Waals surface area contributed by atoms with Crippen LogP contribution in [0.1, 0.15) is 12.8 Å². The Morgan fingerprint density at radius 1 is 1.36 bits per heavy atom. The van der Waals surface area contributed by atoms with Crippen LogP contribution in [0.2, 0.25) is 5.02 Å². The standard InChI is InChI=1S/C17H20ClN5O2/c1-25-17(24)11-5-7-23(8-6-11)16-14(19)15(20-10-21-16)22-13-4-2-3-12(18)9-13/h2-4,9-11H,5-8,19H2,1H3,(H,20,21,22). The average Bonchev–Trinajstić information content (AvgIpc) is 2.63. The molecule has 0 saturated carbocycles. The summed E-state index contributed by atoms with van der Waals surface area (Å²) in [5, 5.41) is 3.79. The van der Waals surface area contributed by atoms with Gasteiger partial charge in [-0.15, -0.1) is 0 Å². The van der Waals surface area contributed by atoms with Crippen LogP contribution in [0.3, 0.4) is 0 Å². The zero-order valence-electron chi connectivity index (χ0n) is 13.9. The van der Waals surface area contributed by atoms with E-state index in [1.807, 2.05) is 12.1 Å². The fourth-order valence-electron chi connectivity index (χ4n) is 2.93. The molecule has 3 rings (SSSR count). The van der Waals surface area contributed by atoms with Gasteiger partial charge in [0.05, 0.1) is 13.0 Å². The molecule has 2 aromatic rings. The van der Waals surface area contributed by atoms with Gasteiger partial charge in [0.1, 0.15) is 12.0 Å². The van der Waals surface area contributed by atoms with E-state index in [4.69, 9.17) is 22.1 Å². The molecule has 0 unspecified atom stereocenters. The Morgan fingerprint density at radius 3 is 2.80 bits per heavy atom. The minimum Gasteiger partial charge on any atom is -0.469 e. The quantitative estimate of drug-likeness (QED) is 0.808. The molecule has 0 spiro atoms. The predicted molar refractivity (Wildman–Crippen MR) is 98.1 cm³/mol. The molecule has 2 heterocycles. The third-order valence-electron chi connectivity index (χ3n) is 4.28. The first kappa shape index (κ1) is 17.3. The number of benzene rings is 1. The van der Waals surface area contributed by atoms with E-state index in [0.29, 0.717) is 48.3 Å². The molecule has 1 aromatic carbocycles. The van der Waals surface area contributed by atoms with Crippen molar-refractivity contribution >= 4 is 40.6 Å². The molecular formula is C17H20ClN5O2. The van der Waals surface area contributed by atoms with Gasteiger partial charge in [0, 0.05) is 23.8 Å². The first-order chi connectivity index (χ1) is 12.1. The SMILES string of the molecule is COC(=O)C1CCN(c2ncnc(Nc3cccc(Cl)c3)c2N)CC1. The Bertz CT molecular complexity index is 762. The highest BCUT2D eigenvalue weighted by atomic mass is 35.5. The van der Waals surface area contributed by atoms with Crippen molar-refractivity contribution in [1.82, 2.24) is 9.97 Å². The largest absolute Gasteiger partial charge is 0.469 e. The zero-order valence-corrected chi connectivity index (χ0v) is 14.7. The molecule has 25 heavy (non-hydrogen) atoms. The molecular weight excluding hydrogens is 342 g/mol. The fourth-order valence-corrected chi connectivity index (χ4v) is 3.12. The summed E-state index contributed by atoms with van der Waals surface area (Å²) in [5.74, 6) is 0.984. The number of nitrogens with two attached hydrogens (primary N) is 1. The van der Waals surface area contributed by atoms with E-state index >= 15 is 0 Å². The lowest BCUT2D eigenvalue weighted by Gasteiger charge is -2.32. The van der Waals surface area contributed by atoms with Gasteiger partial charge in [0.25, 0.3) is 0 Å². The van der Waals surface area contributed by atoms with Crippen LogP contribution in [0.25, 0.3) is 0 Å². The number of nitrogens with one attached hydrogen (secondary N) is 1. The Hall–Kier alpha value is -2.54. The van der Waals surface area contributed by atoms with Gasteiger partial charge in [-0.25, -0.2) is 9.97 Å². The number of carbonyl (C=O) groups is 1. The normalized spacial score (nSPS) is 15.0. The Kier molecular flexibility index (Phi) is 5.23. The van der Waals surface area contributed by atoms with Crippen molar-refractivity contribution in [2.45, 2.75) is 12.8 Å². The van der Waals surface area contributed by atoms with Crippen molar-refractivity contribution in [2.75, 3.05) is 36.1 Å². The number of nitrogens with zero attached hydrogens (tertiary/aromatic N) is 3. The van der Waals surface area contributed by atoms with Crippen LogP contribution in [0, 0.1) is 5.92 Å². The number of esters is 1. The number of anilines is 4. The molecule has 1 aromatic heterocycles. The van der Waals surface area contributed by atoms with E-state index < -0.39 is 0 Å². The lowest BCUT2D eigenvalue weighted by atomic mass is 9.97. The summed E-state index contributed by atoms with van der Waals surface area (Å²) in [5.41, 5.74) is 7.54. The molecule has 0 bridgehead atoms. The minimum absolute atomic E-state index is 0.0617. The second kappa shape index (κ2) is 7.57. The summed E-state index contributed by atoms with van der Waals surface area (Å²) < 4.78 is 4.82. The molecule has 0 amide bonds. The minimum atomic E-state index is -0.154. The van der Waals surface area contributed by atoms with Crippen LogP contribution < -0.4 is 16.0 Å². The van der Waals surface area contributed by atoms with Crippen LogP contribution >= 0.6 is 11.6 Å². The topological polar surface area (TPSA) is 93.4 Å². The molecule has 1 aliphatic heterocycles. The van der Waals surface area contributed by atoms with Gasteiger partial charge in [-0.1, -0.05) is 17.7 Å². The fraction of sp³-hybridized carbons (Fsp3) is 0.353. The van der Waals surface area contributed by atoms with Gasteiger partial charge < -0.3 is 20.7 Å². The van der Waals surface area contributed by atoms with Gasteiger partial charge >= 0.3 is 5.97 Å². The number of hydrogen-bond acceptors (Lipinski definition) is 7. The van der Waals surface area contributed by atoms with Gasteiger partial charge in [0.15, 0.2) is 11.6 Å². The van der Waals surface area contributed by atoms with Crippen molar-refractivity contribution in [2.24, 2.45) is 5.92 Å². The number of methoxy groups -OCH3 is 1. The van der Waals surface area contributed by atoms with Gasteiger partial charge in [-0.2, -0.15) is 0 Å². The molecule has 3 N–H and O–H groups in total. The summed E-state index contributed by atoms with van der Waals surface area (Å²) >= 11 is 6.01. The van der Waals surface area contributed by atoms with E-state index in [-0.39, 0.29) is 11.9 Å². The molecule has 1 fully saturated rings. The maximum atomic E-state index is 11.6. The van der Waals surface area contributed by atoms with Crippen LogP contribution in [0.5, 0.6) is 0 Å². The Labute approximate surface area is 151 Å². The van der Waals surface area contributed by atoms with Crippen molar-refractivity contribution in [3.8, 4) is 0 Å². The number of halogens is 1. The summed E-state index contributed by atoms with van der Waals surface area (Å²) in [6, 6.07) is 7.33. The molecule has 8 heteroatoms. The highest BCUT2D eigenvalue weighted by Gasteiger charge is 2.27. The van der Waals surface area contributed by atoms with E-state index in [9.17, 15) is 4.79 Å². The van der Waals surface area contributed by atoms with E-state index in [1.54, 1.807) is 12.1 Å². The number of carbonyl (C=O) groups excluding carboxylic acids is 1. The average molecular weight is 362 g/mol. The smallest absolute Gasteiger partial charge is 0.308 e. The zero-order chi connectivity index (χ0) is 17.8. The highest BCUT2D eigenvalue weighted by Crippen LogP contribution is 2.31. The van der Waals surface area contributed by atoms with Crippen molar-refractivity contribution in [3.63, 3.8) is 0 Å². The molecule has 0 atom stereocenters. The number of piperidine rings is 1. The molecule has 1 aliphatic rings. The predicted octanol–water partition coefficient (Wildman–Crippen LogP) is 2.85. The summed E-state index contributed by atoms with van der Waals surface area (Å²) in [4.78, 5) is 22.3. The summed E-state index contributed by atoms with van der Waals surface area (Å²) in [6.07, 6.45) is 2.91. The number of aromatic nitrogens is 2. The molecule has 7 nitrogen and oxygen atoms in total. The number of rotatable bonds is 4. The van der Waals surface area contributed by atoms with Gasteiger partial charge in [-0.3, -0.25) is 4.79 Å². The second-order valence-corrected chi connectivity index (χ2v) is 6.32. The summed E-state index contributed by atoms with van der Waals surface area (Å²) in [6.45, 7) is 1.38. The number of ether oxygens (including phenoxy) is 1. The van der Waals surface area contributed by atoms with Crippen LogP contribution in [0.15, 0.2) is 30.6 Å². The first-order valence-corrected chi connectivity index (χ1v) is 8.42. The van der Waals surface area contributed by atoms with Crippen molar-refractivity contribution in [1.29, 1.82) is 0 Å². The maximum absolute atomic E-state index is 11.6. The monoisotopic (exact) mass is 361 g/mol. The van der Waals surface area contributed by atoms with Crippen molar-refractivity contribution < 1.29 is 9.53 Å². The second-order valence-electron chi connectivity index (χ2n) is 5.88. The lowest BCUT2D eigenvalue weighted by Crippen LogP contribution is -2.37. The third-order valence-corrected chi connectivity index (χ3v) is 4.51. The lowest BCUT2D eigenvalue weighted by molar-refractivity contribution is -0.146. The molecule has 0 radical (unpaired) electrons. The molecule has 1 saturated heterocycles. The number of hydrogen-bond donors (Lipinski definition) is 2. The molecule has 0 aliphatic carbocycles. The summed E-state index contributed by atoms with van der Waals surface area (Å²) in [7, 11) is 1.42. The van der Waals surface area contributed by atoms with Crippen LogP contribution in [-0.4, -0.2) is 36.1 Å². The van der Waals surface area contributed by atoms with Crippen molar-refractivity contribution in [3.05, 3.63) is 35.6 Å². The first-order valence-electron chi connectivity index (χ1n) is 8.04. The third kappa shape index (κ3) is 3.93. The molecule has 132 valence electrons. The van der Waals surface area contributed by atoms with Crippen LogP contribution in [-0.2, 0) is 9.53 Å².